The molecule has 3 aromatic rings. The lowest BCUT2D eigenvalue weighted by atomic mass is 9.83. The minimum atomic E-state index is -3.08. The normalized spacial score (nSPS) is 22.2. The molecule has 1 atom stereocenters. The van der Waals surface area contributed by atoms with Gasteiger partial charge in [0.25, 0.3) is 0 Å². The van der Waals surface area contributed by atoms with Crippen LogP contribution in [0.2, 0.25) is 5.02 Å². The van der Waals surface area contributed by atoms with Crippen LogP contribution in [0, 0.1) is 5.41 Å². The van der Waals surface area contributed by atoms with Crippen molar-refractivity contribution in [3.05, 3.63) is 58.9 Å². The van der Waals surface area contributed by atoms with Gasteiger partial charge in [-0.3, -0.25) is 4.79 Å². The van der Waals surface area contributed by atoms with Crippen molar-refractivity contribution in [1.82, 2.24) is 20.2 Å². The van der Waals surface area contributed by atoms with Gasteiger partial charge in [0.15, 0.2) is 21.4 Å². The van der Waals surface area contributed by atoms with Gasteiger partial charge in [-0.25, -0.2) is 8.42 Å². The summed E-state index contributed by atoms with van der Waals surface area (Å²) < 4.78 is 25.7. The van der Waals surface area contributed by atoms with E-state index in [-0.39, 0.29) is 23.7 Å². The Hall–Kier alpha value is -2.58. The number of aromatic nitrogens is 4. The number of nitrogens with zero attached hydrogens (tertiary/aromatic N) is 4. The van der Waals surface area contributed by atoms with Gasteiger partial charge in [0.2, 0.25) is 0 Å². The first-order valence-corrected chi connectivity index (χ1v) is 12.8. The fourth-order valence-corrected chi connectivity index (χ4v) is 6.77. The van der Waals surface area contributed by atoms with Crippen molar-refractivity contribution in [3.8, 4) is 16.8 Å². The number of carbonyl (C=O) groups excluding carboxylic acids is 1. The van der Waals surface area contributed by atoms with Crippen molar-refractivity contribution >= 4 is 27.2 Å². The Morgan fingerprint density at radius 1 is 1.16 bits per heavy atom. The molecular weight excluding hydrogens is 448 g/mol. The van der Waals surface area contributed by atoms with Crippen molar-refractivity contribution in [2.45, 2.75) is 38.5 Å². The van der Waals surface area contributed by atoms with Crippen LogP contribution in [0.15, 0.2) is 42.5 Å². The molecule has 5 rings (SSSR count). The fraction of sp³-hybridized carbons (Fsp3) is 0.391. The summed E-state index contributed by atoms with van der Waals surface area (Å²) in [5.74, 6) is 1.25. The van der Waals surface area contributed by atoms with E-state index in [0.717, 1.165) is 35.5 Å². The number of halogens is 1. The highest BCUT2D eigenvalue weighted by Crippen LogP contribution is 2.40. The number of benzene rings is 2. The zero-order chi connectivity index (χ0) is 22.5. The average Bonchev–Trinajstić information content (AvgIpc) is 3.40. The van der Waals surface area contributed by atoms with E-state index < -0.39 is 15.3 Å². The van der Waals surface area contributed by atoms with Crippen LogP contribution in [0.25, 0.3) is 16.8 Å². The summed E-state index contributed by atoms with van der Waals surface area (Å²) in [6.45, 7) is 1.88. The van der Waals surface area contributed by atoms with Crippen molar-refractivity contribution in [2.75, 3.05) is 11.5 Å². The van der Waals surface area contributed by atoms with Gasteiger partial charge < -0.3 is 0 Å². The Balaban J connectivity index is 1.55. The van der Waals surface area contributed by atoms with Crippen molar-refractivity contribution in [1.29, 1.82) is 0 Å². The molecule has 2 aromatic carbocycles. The summed E-state index contributed by atoms with van der Waals surface area (Å²) in [6, 6.07) is 13.0. The Kier molecular flexibility index (Phi) is 5.17. The highest BCUT2D eigenvalue weighted by Gasteiger charge is 2.40. The second kappa shape index (κ2) is 7.78. The summed E-state index contributed by atoms with van der Waals surface area (Å²) in [4.78, 5) is 13.3. The third kappa shape index (κ3) is 4.34. The molecule has 1 aromatic heterocycles. The Bertz CT molecular complexity index is 1300. The van der Waals surface area contributed by atoms with Crippen molar-refractivity contribution in [2.24, 2.45) is 5.41 Å². The molecule has 0 amide bonds. The number of hydrogen-bond donors (Lipinski definition) is 0. The van der Waals surface area contributed by atoms with E-state index in [1.165, 1.54) is 0 Å². The number of carbonyl (C=O) groups is 1. The van der Waals surface area contributed by atoms with Gasteiger partial charge in [0, 0.05) is 22.9 Å². The molecule has 7 nitrogen and oxygen atoms in total. The van der Waals surface area contributed by atoms with Gasteiger partial charge in [-0.05, 0) is 76.6 Å². The zero-order valence-electron chi connectivity index (χ0n) is 17.7. The quantitative estimate of drug-likeness (QED) is 0.499. The molecule has 0 spiro atoms. The molecule has 1 unspecified atom stereocenters. The average molecular weight is 471 g/mol. The third-order valence-electron chi connectivity index (χ3n) is 6.27. The van der Waals surface area contributed by atoms with Crippen LogP contribution in [0.5, 0.6) is 0 Å². The second-order valence-electron chi connectivity index (χ2n) is 9.25. The molecule has 2 fully saturated rings. The molecule has 9 heteroatoms. The molecular formula is C23H23ClN4O3S. The number of tetrazole rings is 1. The first-order valence-electron chi connectivity index (χ1n) is 10.6. The fourth-order valence-electron chi connectivity index (χ4n) is 4.38. The van der Waals surface area contributed by atoms with E-state index in [9.17, 15) is 13.2 Å². The van der Waals surface area contributed by atoms with E-state index in [1.807, 2.05) is 43.3 Å². The molecule has 0 radical (unpaired) electrons. The number of rotatable bonds is 6. The molecule has 1 saturated carbocycles. The maximum atomic E-state index is 13.3. The van der Waals surface area contributed by atoms with Crippen LogP contribution in [0.3, 0.4) is 0 Å². The maximum absolute atomic E-state index is 13.3. The highest BCUT2D eigenvalue weighted by atomic mass is 35.5. The first-order chi connectivity index (χ1) is 15.2. The molecule has 166 valence electrons. The Morgan fingerprint density at radius 2 is 1.91 bits per heavy atom. The molecule has 0 N–H and O–H groups in total. The SMILES string of the molecule is CC1(CC(=O)c2cc(-c3ccc(Cl)cc3)cc(-n3nnnc3C3CC3)c2)CCS(=O)(=O)C1. The molecule has 1 aliphatic heterocycles. The largest absolute Gasteiger partial charge is 0.294 e. The van der Waals surface area contributed by atoms with Gasteiger partial charge in [-0.1, -0.05) is 30.7 Å². The maximum Gasteiger partial charge on any atom is 0.163 e. The summed E-state index contributed by atoms with van der Waals surface area (Å²) in [5, 5.41) is 12.8. The van der Waals surface area contributed by atoms with Crippen LogP contribution in [-0.2, 0) is 9.84 Å². The van der Waals surface area contributed by atoms with Crippen LogP contribution in [0.4, 0.5) is 0 Å². The summed E-state index contributed by atoms with van der Waals surface area (Å²) in [5.41, 5.74) is 2.47. The summed E-state index contributed by atoms with van der Waals surface area (Å²) >= 11 is 6.06. The second-order valence-corrected chi connectivity index (χ2v) is 11.9. The monoisotopic (exact) mass is 470 g/mol. The summed E-state index contributed by atoms with van der Waals surface area (Å²) in [7, 11) is -3.08. The van der Waals surface area contributed by atoms with Gasteiger partial charge in [0.05, 0.1) is 17.2 Å². The Morgan fingerprint density at radius 3 is 2.56 bits per heavy atom. The minimum absolute atomic E-state index is 0.0499. The topological polar surface area (TPSA) is 94.8 Å². The Labute approximate surface area is 191 Å². The predicted molar refractivity (Wildman–Crippen MR) is 122 cm³/mol. The lowest BCUT2D eigenvalue weighted by Gasteiger charge is -2.21. The van der Waals surface area contributed by atoms with Crippen LogP contribution in [-0.4, -0.2) is 45.9 Å². The lowest BCUT2D eigenvalue weighted by Crippen LogP contribution is -2.22. The molecule has 2 aliphatic rings. The van der Waals surface area contributed by atoms with Crippen molar-refractivity contribution in [3.63, 3.8) is 0 Å². The van der Waals surface area contributed by atoms with Crippen molar-refractivity contribution < 1.29 is 13.2 Å². The standard InChI is InChI=1S/C23H23ClN4O3S/c1-23(8-9-32(30,31)14-23)13-21(29)18-10-17(15-4-6-19(24)7-5-15)11-20(12-18)28-22(16-2-3-16)25-26-27-28/h4-7,10-12,16H,2-3,8-9,13-14H2,1H3. The molecule has 0 bridgehead atoms. The van der Waals surface area contributed by atoms with E-state index >= 15 is 0 Å². The first kappa shape index (κ1) is 21.3. The van der Waals surface area contributed by atoms with E-state index in [4.69, 9.17) is 11.6 Å². The number of hydrogen-bond acceptors (Lipinski definition) is 6. The van der Waals surface area contributed by atoms with Gasteiger partial charge in [-0.15, -0.1) is 5.10 Å². The van der Waals surface area contributed by atoms with Crippen LogP contribution in [0.1, 0.15) is 54.7 Å². The van der Waals surface area contributed by atoms with Gasteiger partial charge in [0.1, 0.15) is 0 Å². The van der Waals surface area contributed by atoms with Gasteiger partial charge in [-0.2, -0.15) is 4.68 Å². The molecule has 2 heterocycles. The smallest absolute Gasteiger partial charge is 0.163 e. The van der Waals surface area contributed by atoms with E-state index in [1.54, 1.807) is 10.7 Å². The summed E-state index contributed by atoms with van der Waals surface area (Å²) in [6.07, 6.45) is 2.79. The lowest BCUT2D eigenvalue weighted by molar-refractivity contribution is 0.0934. The van der Waals surface area contributed by atoms with Crippen LogP contribution < -0.4 is 0 Å². The number of sulfone groups is 1. The third-order valence-corrected chi connectivity index (χ3v) is 8.49. The van der Waals surface area contributed by atoms with Gasteiger partial charge >= 0.3 is 0 Å². The number of Topliss-reactive ketones (excluding diaryl/α,β-unsaturated/α-hetero) is 1. The highest BCUT2D eigenvalue weighted by molar-refractivity contribution is 7.91. The number of ketones is 1. The molecule has 1 aliphatic carbocycles. The molecule has 32 heavy (non-hydrogen) atoms. The zero-order valence-corrected chi connectivity index (χ0v) is 19.2. The predicted octanol–water partition coefficient (Wildman–Crippen LogP) is 4.26. The molecule has 1 saturated heterocycles. The van der Waals surface area contributed by atoms with E-state index in [2.05, 4.69) is 15.5 Å². The van der Waals surface area contributed by atoms with E-state index in [0.29, 0.717) is 22.9 Å². The minimum Gasteiger partial charge on any atom is -0.294 e. The van der Waals surface area contributed by atoms with Crippen LogP contribution >= 0.6 is 11.6 Å².